The molecule has 0 aliphatic heterocycles. The highest BCUT2D eigenvalue weighted by atomic mass is 19.1. The van der Waals surface area contributed by atoms with Gasteiger partial charge in [-0.05, 0) is 18.2 Å². The van der Waals surface area contributed by atoms with Gasteiger partial charge < -0.3 is 30.2 Å². The summed E-state index contributed by atoms with van der Waals surface area (Å²) in [5, 5.41) is 19.6. The van der Waals surface area contributed by atoms with Crippen molar-refractivity contribution in [1.29, 1.82) is 0 Å². The molecule has 1 amide bonds. The Morgan fingerprint density at radius 2 is 1.68 bits per heavy atom. The summed E-state index contributed by atoms with van der Waals surface area (Å²) in [7, 11) is 4.20. The summed E-state index contributed by atoms with van der Waals surface area (Å²) in [6.07, 6.45) is 1.37. The van der Waals surface area contributed by atoms with Gasteiger partial charge in [-0.2, -0.15) is 9.37 Å². The lowest BCUT2D eigenvalue weighted by Gasteiger charge is -2.16. The van der Waals surface area contributed by atoms with Gasteiger partial charge in [0, 0.05) is 24.7 Å². The van der Waals surface area contributed by atoms with Crippen LogP contribution in [-0.2, 0) is 4.79 Å². The summed E-state index contributed by atoms with van der Waals surface area (Å²) >= 11 is 0. The predicted molar refractivity (Wildman–Crippen MR) is 122 cm³/mol. The molecule has 3 N–H and O–H groups in total. The Kier molecular flexibility index (Phi) is 7.26. The fraction of sp³-hybridized carbons (Fsp3) is 0.190. The monoisotopic (exact) mass is 472 g/mol. The van der Waals surface area contributed by atoms with Crippen molar-refractivity contribution in [1.82, 2.24) is 9.97 Å². The quantitative estimate of drug-likeness (QED) is 0.308. The average Bonchev–Trinajstić information content (AvgIpc) is 2.79. The summed E-state index contributed by atoms with van der Waals surface area (Å²) in [6.45, 7) is 1.39. The van der Waals surface area contributed by atoms with E-state index in [1.807, 2.05) is 0 Å². The normalized spacial score (nSPS) is 10.3. The molecule has 0 aliphatic carbocycles. The number of aromatic nitrogens is 2. The fourth-order valence-electron chi connectivity index (χ4n) is 2.95. The van der Waals surface area contributed by atoms with Crippen LogP contribution in [0.25, 0.3) is 0 Å². The Labute approximate surface area is 193 Å². The van der Waals surface area contributed by atoms with Gasteiger partial charge in [0.05, 0.1) is 43.8 Å². The molecule has 0 saturated carbocycles. The van der Waals surface area contributed by atoms with Crippen LogP contribution in [0.5, 0.6) is 17.2 Å². The van der Waals surface area contributed by atoms with Crippen LogP contribution in [0.2, 0.25) is 0 Å². The average molecular weight is 472 g/mol. The third-order valence-corrected chi connectivity index (χ3v) is 4.46. The molecule has 34 heavy (non-hydrogen) atoms. The molecule has 0 aliphatic rings. The third-order valence-electron chi connectivity index (χ3n) is 4.46. The molecule has 1 heterocycles. The molecule has 12 nitrogen and oxygen atoms in total. The first-order valence-corrected chi connectivity index (χ1v) is 9.68. The maximum atomic E-state index is 13.9. The maximum Gasteiger partial charge on any atom is 0.307 e. The van der Waals surface area contributed by atoms with Gasteiger partial charge in [0.1, 0.15) is 11.5 Å². The lowest BCUT2D eigenvalue weighted by Crippen LogP contribution is -2.07. The molecule has 0 unspecified atom stereocenters. The number of hydrogen-bond donors (Lipinski definition) is 3. The van der Waals surface area contributed by atoms with E-state index in [0.717, 1.165) is 12.1 Å². The number of amides is 1. The molecular weight excluding hydrogens is 451 g/mol. The zero-order valence-corrected chi connectivity index (χ0v) is 18.6. The number of methoxy groups -OCH3 is 3. The minimum atomic E-state index is -1.04. The predicted octanol–water partition coefficient (Wildman–Crippen LogP) is 4.00. The van der Waals surface area contributed by atoms with Crippen LogP contribution in [-0.4, -0.2) is 42.1 Å². The molecule has 0 saturated heterocycles. The van der Waals surface area contributed by atoms with Gasteiger partial charge in [-0.3, -0.25) is 14.9 Å². The smallest absolute Gasteiger partial charge is 0.307 e. The summed E-state index contributed by atoms with van der Waals surface area (Å²) in [5.41, 5.74) is 0.323. The molecule has 13 heteroatoms. The van der Waals surface area contributed by atoms with Crippen LogP contribution in [0.15, 0.2) is 36.5 Å². The Hall–Kier alpha value is -4.68. The number of rotatable bonds is 9. The Bertz CT molecular complexity index is 1240. The molecule has 0 spiro atoms. The van der Waals surface area contributed by atoms with Gasteiger partial charge in [-0.25, -0.2) is 4.98 Å². The van der Waals surface area contributed by atoms with Crippen LogP contribution < -0.4 is 30.2 Å². The van der Waals surface area contributed by atoms with Crippen molar-refractivity contribution in [3.63, 3.8) is 0 Å². The number of ether oxygens (including phenoxy) is 3. The summed E-state index contributed by atoms with van der Waals surface area (Å²) in [6, 6.07) is 6.84. The van der Waals surface area contributed by atoms with Crippen LogP contribution in [0.1, 0.15) is 6.92 Å². The minimum absolute atomic E-state index is 0.0134. The van der Waals surface area contributed by atoms with Crippen molar-refractivity contribution in [3.05, 3.63) is 52.5 Å². The highest BCUT2D eigenvalue weighted by Gasteiger charge is 2.20. The van der Waals surface area contributed by atoms with Crippen molar-refractivity contribution in [2.45, 2.75) is 6.92 Å². The second-order valence-electron chi connectivity index (χ2n) is 6.72. The van der Waals surface area contributed by atoms with Crippen LogP contribution in [0.4, 0.5) is 38.9 Å². The highest BCUT2D eigenvalue weighted by Crippen LogP contribution is 2.36. The molecular formula is C21H21FN6O6. The Morgan fingerprint density at radius 3 is 2.29 bits per heavy atom. The highest BCUT2D eigenvalue weighted by molar-refractivity contribution is 5.90. The van der Waals surface area contributed by atoms with E-state index in [4.69, 9.17) is 14.2 Å². The lowest BCUT2D eigenvalue weighted by molar-refractivity contribution is -0.387. The number of nitro benzene ring substituents is 1. The van der Waals surface area contributed by atoms with Gasteiger partial charge in [-0.1, -0.05) is 0 Å². The van der Waals surface area contributed by atoms with E-state index >= 15 is 0 Å². The van der Waals surface area contributed by atoms with Gasteiger partial charge >= 0.3 is 5.69 Å². The molecule has 0 radical (unpaired) electrons. The summed E-state index contributed by atoms with van der Waals surface area (Å²) in [5.74, 6) is -0.314. The van der Waals surface area contributed by atoms with Crippen LogP contribution >= 0.6 is 0 Å². The SMILES string of the molecule is COc1cc(F)c([N+](=O)[O-])cc1Nc1ncc(OC)c(Nc2cc(NC(C)=O)ccc2OC)n1. The van der Waals surface area contributed by atoms with E-state index in [0.29, 0.717) is 17.1 Å². The minimum Gasteiger partial charge on any atom is -0.495 e. The molecule has 0 bridgehead atoms. The number of carbonyl (C=O) groups is 1. The second-order valence-corrected chi connectivity index (χ2v) is 6.72. The first-order valence-electron chi connectivity index (χ1n) is 9.68. The van der Waals surface area contributed by atoms with Gasteiger partial charge in [-0.15, -0.1) is 0 Å². The molecule has 0 fully saturated rings. The first-order chi connectivity index (χ1) is 16.2. The fourth-order valence-corrected chi connectivity index (χ4v) is 2.95. The van der Waals surface area contributed by atoms with Crippen molar-refractivity contribution in [2.24, 2.45) is 0 Å². The van der Waals surface area contributed by atoms with Crippen molar-refractivity contribution in [2.75, 3.05) is 37.3 Å². The molecule has 3 aromatic rings. The van der Waals surface area contributed by atoms with Gasteiger partial charge in [0.15, 0.2) is 11.6 Å². The standard InChI is InChI=1S/C21H21FN6O6/c1-11(29)24-12-5-6-17(32-2)14(7-12)25-20-19(34-4)10-23-21(27-20)26-15-9-16(28(30)31)13(22)8-18(15)33-3/h5-10H,1-4H3,(H,24,29)(H2,23,25,26,27). The largest absolute Gasteiger partial charge is 0.495 e. The molecule has 2 aromatic carbocycles. The molecule has 3 rings (SSSR count). The zero-order chi connectivity index (χ0) is 24.8. The third kappa shape index (κ3) is 5.38. The van der Waals surface area contributed by atoms with Gasteiger partial charge in [0.25, 0.3) is 0 Å². The van der Waals surface area contributed by atoms with E-state index in [1.165, 1.54) is 34.4 Å². The summed E-state index contributed by atoms with van der Waals surface area (Å²) in [4.78, 5) is 30.2. The van der Waals surface area contributed by atoms with E-state index in [-0.39, 0.29) is 34.9 Å². The molecule has 0 atom stereocenters. The van der Waals surface area contributed by atoms with Crippen molar-refractivity contribution in [3.8, 4) is 17.2 Å². The molecule has 178 valence electrons. The Morgan fingerprint density at radius 1 is 1.00 bits per heavy atom. The van der Waals surface area contributed by atoms with Crippen molar-refractivity contribution >= 4 is 40.4 Å². The van der Waals surface area contributed by atoms with E-state index in [9.17, 15) is 19.3 Å². The van der Waals surface area contributed by atoms with Crippen molar-refractivity contribution < 1.29 is 28.3 Å². The van der Waals surface area contributed by atoms with E-state index in [2.05, 4.69) is 25.9 Å². The number of nitrogens with one attached hydrogen (secondary N) is 3. The second kappa shape index (κ2) is 10.3. The zero-order valence-electron chi connectivity index (χ0n) is 18.6. The first kappa shape index (κ1) is 24.0. The number of nitrogens with zero attached hydrogens (tertiary/aromatic N) is 3. The van der Waals surface area contributed by atoms with E-state index in [1.54, 1.807) is 18.2 Å². The van der Waals surface area contributed by atoms with Gasteiger partial charge in [0.2, 0.25) is 17.7 Å². The Balaban J connectivity index is 1.99. The number of halogens is 1. The number of nitro groups is 1. The maximum absolute atomic E-state index is 13.9. The number of carbonyl (C=O) groups excluding carboxylic acids is 1. The lowest BCUT2D eigenvalue weighted by atomic mass is 10.2. The van der Waals surface area contributed by atoms with Crippen LogP contribution in [0.3, 0.4) is 0 Å². The van der Waals surface area contributed by atoms with Crippen LogP contribution in [0, 0.1) is 15.9 Å². The summed E-state index contributed by atoms with van der Waals surface area (Å²) < 4.78 is 29.7. The topological polar surface area (TPSA) is 150 Å². The number of anilines is 5. The van der Waals surface area contributed by atoms with E-state index < -0.39 is 16.4 Å². The molecule has 1 aromatic heterocycles. The number of benzene rings is 2. The number of hydrogen-bond acceptors (Lipinski definition) is 10.